The maximum Gasteiger partial charge on any atom is 0.307 e. The number of carboxylic acid groups (broad SMARTS) is 1. The van der Waals surface area contributed by atoms with Crippen LogP contribution in [-0.4, -0.2) is 17.0 Å². The van der Waals surface area contributed by atoms with Crippen LogP contribution in [0.2, 0.25) is 0 Å². The third-order valence-corrected chi connectivity index (χ3v) is 4.36. The minimum atomic E-state index is -0.873. The lowest BCUT2D eigenvalue weighted by molar-refractivity contribution is -0.146. The summed E-state index contributed by atoms with van der Waals surface area (Å²) in [6.45, 7) is 7.62. The predicted molar refractivity (Wildman–Crippen MR) is 77.8 cm³/mol. The van der Waals surface area contributed by atoms with Gasteiger partial charge >= 0.3 is 5.97 Å². The number of hydrogen-bond donors (Lipinski definition) is 2. The van der Waals surface area contributed by atoms with Crippen LogP contribution in [0.25, 0.3) is 0 Å². The fourth-order valence-corrected chi connectivity index (χ4v) is 3.33. The van der Waals surface area contributed by atoms with E-state index in [2.05, 4.69) is 5.32 Å². The SMILES string of the molecule is Cc1cc(C(C)NC(=O)C2CC(C)CC2C(=O)O)c(C)o1. The van der Waals surface area contributed by atoms with Crippen molar-refractivity contribution < 1.29 is 19.1 Å². The molecule has 1 aliphatic carbocycles. The molecular weight excluding hydrogens is 270 g/mol. The number of carboxylic acids is 1. The Hall–Kier alpha value is -1.78. The molecule has 1 aromatic heterocycles. The molecule has 1 amide bonds. The molecule has 21 heavy (non-hydrogen) atoms. The molecule has 4 unspecified atom stereocenters. The van der Waals surface area contributed by atoms with E-state index in [9.17, 15) is 14.7 Å². The lowest BCUT2D eigenvalue weighted by Crippen LogP contribution is -2.36. The summed E-state index contributed by atoms with van der Waals surface area (Å²) in [5.74, 6) is -0.181. The first kappa shape index (κ1) is 15.6. The standard InChI is InChI=1S/C16H23NO4/c1-8-5-13(14(6-8)16(19)20)15(18)17-10(3)12-7-9(2)21-11(12)4/h7-8,10,13-14H,5-6H2,1-4H3,(H,17,18)(H,19,20). The van der Waals surface area contributed by atoms with Crippen LogP contribution in [-0.2, 0) is 9.59 Å². The molecule has 1 heterocycles. The minimum absolute atomic E-state index is 0.169. The summed E-state index contributed by atoms with van der Waals surface area (Å²) < 4.78 is 5.47. The zero-order valence-corrected chi connectivity index (χ0v) is 13.0. The van der Waals surface area contributed by atoms with Crippen LogP contribution in [0.1, 0.15) is 49.8 Å². The number of hydrogen-bond acceptors (Lipinski definition) is 3. The van der Waals surface area contributed by atoms with Crippen LogP contribution >= 0.6 is 0 Å². The normalized spacial score (nSPS) is 26.6. The van der Waals surface area contributed by atoms with Crippen molar-refractivity contribution in [3.63, 3.8) is 0 Å². The first-order chi connectivity index (χ1) is 9.79. The monoisotopic (exact) mass is 293 g/mol. The first-order valence-corrected chi connectivity index (χ1v) is 7.39. The summed E-state index contributed by atoms with van der Waals surface area (Å²) in [7, 11) is 0. The van der Waals surface area contributed by atoms with Gasteiger partial charge < -0.3 is 14.8 Å². The Bertz CT molecular complexity index is 548. The number of furan rings is 1. The third-order valence-electron chi connectivity index (χ3n) is 4.36. The number of aryl methyl sites for hydroxylation is 2. The molecule has 0 bridgehead atoms. The van der Waals surface area contributed by atoms with E-state index in [1.54, 1.807) is 0 Å². The first-order valence-electron chi connectivity index (χ1n) is 7.39. The number of nitrogens with one attached hydrogen (secondary N) is 1. The number of rotatable bonds is 4. The van der Waals surface area contributed by atoms with Gasteiger partial charge in [0.05, 0.1) is 17.9 Å². The fourth-order valence-electron chi connectivity index (χ4n) is 3.33. The summed E-state index contributed by atoms with van der Waals surface area (Å²) in [6, 6.07) is 1.73. The van der Waals surface area contributed by atoms with E-state index in [0.29, 0.717) is 12.8 Å². The molecule has 5 nitrogen and oxygen atoms in total. The molecule has 4 atom stereocenters. The minimum Gasteiger partial charge on any atom is -0.481 e. The Morgan fingerprint density at radius 2 is 1.95 bits per heavy atom. The van der Waals surface area contributed by atoms with Gasteiger partial charge in [-0.15, -0.1) is 0 Å². The van der Waals surface area contributed by atoms with Crippen molar-refractivity contribution in [3.05, 3.63) is 23.2 Å². The molecular formula is C16H23NO4. The van der Waals surface area contributed by atoms with Crippen molar-refractivity contribution in [2.75, 3.05) is 0 Å². The number of amides is 1. The Labute approximate surface area is 124 Å². The van der Waals surface area contributed by atoms with Crippen molar-refractivity contribution in [1.29, 1.82) is 0 Å². The van der Waals surface area contributed by atoms with Crippen molar-refractivity contribution in [2.24, 2.45) is 17.8 Å². The van der Waals surface area contributed by atoms with Gasteiger partial charge in [0, 0.05) is 5.56 Å². The van der Waals surface area contributed by atoms with Crippen molar-refractivity contribution in [1.82, 2.24) is 5.32 Å². The molecule has 0 spiro atoms. The molecule has 0 aromatic carbocycles. The average Bonchev–Trinajstić information content (AvgIpc) is 2.92. The highest BCUT2D eigenvalue weighted by Crippen LogP contribution is 2.37. The van der Waals surface area contributed by atoms with Crippen LogP contribution < -0.4 is 5.32 Å². The molecule has 1 fully saturated rings. The van der Waals surface area contributed by atoms with Crippen molar-refractivity contribution >= 4 is 11.9 Å². The lowest BCUT2D eigenvalue weighted by atomic mass is 9.94. The molecule has 1 aliphatic rings. The van der Waals surface area contributed by atoms with Gasteiger partial charge in [0.15, 0.2) is 0 Å². The quantitative estimate of drug-likeness (QED) is 0.894. The second-order valence-corrected chi connectivity index (χ2v) is 6.23. The lowest BCUT2D eigenvalue weighted by Gasteiger charge is -2.19. The molecule has 5 heteroatoms. The summed E-state index contributed by atoms with van der Waals surface area (Å²) in [6.07, 6.45) is 1.21. The molecule has 116 valence electrons. The molecule has 0 radical (unpaired) electrons. The highest BCUT2D eigenvalue weighted by Gasteiger charge is 2.41. The number of carbonyl (C=O) groups is 2. The van der Waals surface area contributed by atoms with Gasteiger partial charge in [0.2, 0.25) is 5.91 Å². The van der Waals surface area contributed by atoms with E-state index in [-0.39, 0.29) is 17.9 Å². The summed E-state index contributed by atoms with van der Waals surface area (Å²) in [4.78, 5) is 23.7. The average molecular weight is 293 g/mol. The van der Waals surface area contributed by atoms with Gasteiger partial charge in [-0.25, -0.2) is 0 Å². The second-order valence-electron chi connectivity index (χ2n) is 6.23. The third kappa shape index (κ3) is 3.28. The zero-order valence-electron chi connectivity index (χ0n) is 13.0. The summed E-state index contributed by atoms with van der Waals surface area (Å²) >= 11 is 0. The number of carbonyl (C=O) groups excluding carboxylic acids is 1. The van der Waals surface area contributed by atoms with Crippen LogP contribution in [0.4, 0.5) is 0 Å². The van der Waals surface area contributed by atoms with E-state index in [1.165, 1.54) is 0 Å². The van der Waals surface area contributed by atoms with E-state index in [4.69, 9.17) is 4.42 Å². The fraction of sp³-hybridized carbons (Fsp3) is 0.625. The van der Waals surface area contributed by atoms with E-state index in [0.717, 1.165) is 17.1 Å². The van der Waals surface area contributed by atoms with Gasteiger partial charge in [-0.1, -0.05) is 6.92 Å². The highest BCUT2D eigenvalue weighted by atomic mass is 16.4. The van der Waals surface area contributed by atoms with E-state index in [1.807, 2.05) is 33.8 Å². The van der Waals surface area contributed by atoms with Crippen LogP contribution in [0.3, 0.4) is 0 Å². The molecule has 1 saturated carbocycles. The van der Waals surface area contributed by atoms with Crippen molar-refractivity contribution in [3.8, 4) is 0 Å². The van der Waals surface area contributed by atoms with Gasteiger partial charge in [-0.3, -0.25) is 9.59 Å². The molecule has 2 rings (SSSR count). The van der Waals surface area contributed by atoms with Crippen LogP contribution in [0.15, 0.2) is 10.5 Å². The van der Waals surface area contributed by atoms with E-state index >= 15 is 0 Å². The molecule has 1 aromatic rings. The van der Waals surface area contributed by atoms with Crippen molar-refractivity contribution in [2.45, 2.75) is 46.6 Å². The molecule has 0 aliphatic heterocycles. The van der Waals surface area contributed by atoms with E-state index < -0.39 is 17.8 Å². The molecule has 0 saturated heterocycles. The van der Waals surface area contributed by atoms with Crippen LogP contribution in [0.5, 0.6) is 0 Å². The Kier molecular flexibility index (Phi) is 4.40. The predicted octanol–water partition coefficient (Wildman–Crippen LogP) is 2.82. The van der Waals surface area contributed by atoms with Gasteiger partial charge in [-0.05, 0) is 45.6 Å². The maximum atomic E-state index is 12.4. The van der Waals surface area contributed by atoms with Crippen LogP contribution in [0, 0.1) is 31.6 Å². The van der Waals surface area contributed by atoms with Gasteiger partial charge in [-0.2, -0.15) is 0 Å². The Balaban J connectivity index is 2.07. The second kappa shape index (κ2) is 5.92. The Morgan fingerprint density at radius 1 is 1.33 bits per heavy atom. The highest BCUT2D eigenvalue weighted by molar-refractivity contribution is 5.85. The topological polar surface area (TPSA) is 79.5 Å². The summed E-state index contributed by atoms with van der Waals surface area (Å²) in [5, 5.41) is 12.2. The largest absolute Gasteiger partial charge is 0.481 e. The van der Waals surface area contributed by atoms with Gasteiger partial charge in [0.25, 0.3) is 0 Å². The Morgan fingerprint density at radius 3 is 2.48 bits per heavy atom. The zero-order chi connectivity index (χ0) is 15.7. The van der Waals surface area contributed by atoms with Gasteiger partial charge in [0.1, 0.15) is 11.5 Å². The maximum absolute atomic E-state index is 12.4. The smallest absolute Gasteiger partial charge is 0.307 e. The molecule has 2 N–H and O–H groups in total. The summed E-state index contributed by atoms with van der Waals surface area (Å²) in [5.41, 5.74) is 0.943. The number of aliphatic carboxylic acids is 1.